The topological polar surface area (TPSA) is 76.5 Å². The van der Waals surface area contributed by atoms with Crippen LogP contribution in [-0.4, -0.2) is 45.4 Å². The smallest absolute Gasteiger partial charge is 0.410 e. The standard InChI is InChI=1S/C27H31FN4O3/c1-18-6-5-7-22(16-18)32-24(19-12-14-31(15-13-19)26(34)35-27(2,3)4)23(17-29-32)25(33)30-21-10-8-20(28)9-11-21/h5-11,16-17,19H,12-15H2,1-4H3,(H,30,33). The number of nitrogens with one attached hydrogen (secondary N) is 1. The highest BCUT2D eigenvalue weighted by atomic mass is 19.1. The Morgan fingerprint density at radius 2 is 1.77 bits per heavy atom. The van der Waals surface area contributed by atoms with Gasteiger partial charge >= 0.3 is 6.09 Å². The van der Waals surface area contributed by atoms with Crippen LogP contribution in [0.4, 0.5) is 14.9 Å². The first kappa shape index (κ1) is 24.4. The second kappa shape index (κ2) is 9.90. The number of likely N-dealkylation sites (tertiary alicyclic amines) is 1. The molecule has 0 atom stereocenters. The lowest BCUT2D eigenvalue weighted by Crippen LogP contribution is -2.41. The summed E-state index contributed by atoms with van der Waals surface area (Å²) in [5.41, 5.74) is 3.18. The van der Waals surface area contributed by atoms with E-state index < -0.39 is 5.60 Å². The zero-order valence-corrected chi connectivity index (χ0v) is 20.5. The zero-order chi connectivity index (χ0) is 25.2. The summed E-state index contributed by atoms with van der Waals surface area (Å²) in [4.78, 5) is 27.5. The number of rotatable bonds is 4. The lowest BCUT2D eigenvalue weighted by atomic mass is 9.90. The molecule has 1 aliphatic rings. The van der Waals surface area contributed by atoms with E-state index >= 15 is 0 Å². The number of carbonyl (C=O) groups excluding carboxylic acids is 2. The molecule has 2 aromatic carbocycles. The van der Waals surface area contributed by atoms with Gasteiger partial charge in [0.1, 0.15) is 11.4 Å². The average molecular weight is 479 g/mol. The quantitative estimate of drug-likeness (QED) is 0.523. The molecule has 0 aliphatic carbocycles. The van der Waals surface area contributed by atoms with Gasteiger partial charge in [-0.15, -0.1) is 0 Å². The van der Waals surface area contributed by atoms with Crippen LogP contribution < -0.4 is 5.32 Å². The summed E-state index contributed by atoms with van der Waals surface area (Å²) in [5.74, 6) is -0.654. The van der Waals surface area contributed by atoms with Crippen molar-refractivity contribution in [3.8, 4) is 5.69 Å². The van der Waals surface area contributed by atoms with Gasteiger partial charge in [-0.1, -0.05) is 12.1 Å². The Balaban J connectivity index is 1.61. The Morgan fingerprint density at radius 1 is 1.09 bits per heavy atom. The van der Waals surface area contributed by atoms with Crippen molar-refractivity contribution in [1.82, 2.24) is 14.7 Å². The summed E-state index contributed by atoms with van der Waals surface area (Å²) in [7, 11) is 0. The highest BCUT2D eigenvalue weighted by molar-refractivity contribution is 6.05. The van der Waals surface area contributed by atoms with E-state index in [0.29, 0.717) is 37.2 Å². The van der Waals surface area contributed by atoms with Gasteiger partial charge in [-0.05, 0) is 82.5 Å². The number of halogens is 1. The minimum absolute atomic E-state index is 0.0191. The van der Waals surface area contributed by atoms with E-state index in [-0.39, 0.29) is 23.7 Å². The summed E-state index contributed by atoms with van der Waals surface area (Å²) in [6.07, 6.45) is 2.61. The van der Waals surface area contributed by atoms with Gasteiger partial charge in [-0.25, -0.2) is 13.9 Å². The van der Waals surface area contributed by atoms with E-state index in [2.05, 4.69) is 10.4 Å². The van der Waals surface area contributed by atoms with Gasteiger partial charge in [0.25, 0.3) is 5.91 Å². The third kappa shape index (κ3) is 5.88. The van der Waals surface area contributed by atoms with Gasteiger partial charge in [-0.3, -0.25) is 4.79 Å². The molecule has 1 saturated heterocycles. The average Bonchev–Trinajstić information content (AvgIpc) is 3.25. The predicted molar refractivity (Wildman–Crippen MR) is 132 cm³/mol. The number of carbonyl (C=O) groups is 2. The third-order valence-electron chi connectivity index (χ3n) is 5.93. The van der Waals surface area contributed by atoms with E-state index in [9.17, 15) is 14.0 Å². The number of anilines is 1. The molecular formula is C27H31FN4O3. The van der Waals surface area contributed by atoms with Crippen LogP contribution in [0.3, 0.4) is 0 Å². The number of aromatic nitrogens is 2. The Hall–Kier alpha value is -3.68. The van der Waals surface area contributed by atoms with Crippen molar-refractivity contribution in [1.29, 1.82) is 0 Å². The minimum atomic E-state index is -0.552. The van der Waals surface area contributed by atoms with Crippen molar-refractivity contribution in [3.63, 3.8) is 0 Å². The lowest BCUT2D eigenvalue weighted by Gasteiger charge is -2.34. The molecule has 0 spiro atoms. The SMILES string of the molecule is Cc1cccc(-n2ncc(C(=O)Nc3ccc(F)cc3)c2C2CCN(C(=O)OC(C)(C)C)CC2)c1. The number of hydrogen-bond acceptors (Lipinski definition) is 4. The molecule has 2 amide bonds. The van der Waals surface area contributed by atoms with Crippen molar-refractivity contribution < 1.29 is 18.7 Å². The Bertz CT molecular complexity index is 1210. The highest BCUT2D eigenvalue weighted by Crippen LogP contribution is 2.33. The minimum Gasteiger partial charge on any atom is -0.444 e. The number of benzene rings is 2. The normalized spacial score (nSPS) is 14.6. The van der Waals surface area contributed by atoms with Gasteiger partial charge in [0.2, 0.25) is 0 Å². The molecule has 1 aromatic heterocycles. The fourth-order valence-corrected chi connectivity index (χ4v) is 4.28. The van der Waals surface area contributed by atoms with Crippen LogP contribution in [-0.2, 0) is 4.74 Å². The van der Waals surface area contributed by atoms with E-state index in [0.717, 1.165) is 16.9 Å². The van der Waals surface area contributed by atoms with E-state index in [4.69, 9.17) is 4.74 Å². The molecule has 184 valence electrons. The van der Waals surface area contributed by atoms with Crippen molar-refractivity contribution in [2.24, 2.45) is 0 Å². The van der Waals surface area contributed by atoms with Crippen LogP contribution in [0.5, 0.6) is 0 Å². The molecule has 2 heterocycles. The fourth-order valence-electron chi connectivity index (χ4n) is 4.28. The van der Waals surface area contributed by atoms with Crippen LogP contribution in [0.15, 0.2) is 54.7 Å². The first-order chi connectivity index (χ1) is 16.6. The molecule has 1 aliphatic heterocycles. The van der Waals surface area contributed by atoms with E-state index in [1.807, 2.05) is 56.6 Å². The number of hydrogen-bond donors (Lipinski definition) is 1. The van der Waals surface area contributed by atoms with Crippen LogP contribution in [0.2, 0.25) is 0 Å². The third-order valence-corrected chi connectivity index (χ3v) is 5.93. The molecule has 4 rings (SSSR count). The second-order valence-corrected chi connectivity index (χ2v) is 9.90. The first-order valence-corrected chi connectivity index (χ1v) is 11.8. The van der Waals surface area contributed by atoms with Crippen molar-refractivity contribution in [2.75, 3.05) is 18.4 Å². The van der Waals surface area contributed by atoms with E-state index in [1.165, 1.54) is 24.3 Å². The van der Waals surface area contributed by atoms with Crippen LogP contribution in [0.25, 0.3) is 5.69 Å². The molecule has 0 radical (unpaired) electrons. The van der Waals surface area contributed by atoms with Crippen molar-refractivity contribution in [3.05, 3.63) is 77.4 Å². The molecule has 1 fully saturated rings. The molecule has 8 heteroatoms. The maximum absolute atomic E-state index is 13.3. The second-order valence-electron chi connectivity index (χ2n) is 9.90. The zero-order valence-electron chi connectivity index (χ0n) is 20.5. The van der Waals surface area contributed by atoms with Gasteiger partial charge in [-0.2, -0.15) is 5.10 Å². The predicted octanol–water partition coefficient (Wildman–Crippen LogP) is 5.69. The Kier molecular flexibility index (Phi) is 6.91. The van der Waals surface area contributed by atoms with Crippen LogP contribution >= 0.6 is 0 Å². The summed E-state index contributed by atoms with van der Waals surface area (Å²) in [6, 6.07) is 13.6. The van der Waals surface area contributed by atoms with E-state index in [1.54, 1.807) is 11.1 Å². The monoisotopic (exact) mass is 478 g/mol. The molecular weight excluding hydrogens is 447 g/mol. The molecule has 0 unspecified atom stereocenters. The molecule has 0 bridgehead atoms. The largest absolute Gasteiger partial charge is 0.444 e. The number of piperidine rings is 1. The molecule has 3 aromatic rings. The first-order valence-electron chi connectivity index (χ1n) is 11.8. The molecule has 0 saturated carbocycles. The van der Waals surface area contributed by atoms with Crippen LogP contribution in [0, 0.1) is 12.7 Å². The maximum atomic E-state index is 13.3. The van der Waals surface area contributed by atoms with Crippen molar-refractivity contribution in [2.45, 2.75) is 52.1 Å². The van der Waals surface area contributed by atoms with Crippen LogP contribution in [0.1, 0.15) is 61.1 Å². The number of nitrogens with zero attached hydrogens (tertiary/aromatic N) is 3. The Morgan fingerprint density at radius 3 is 2.40 bits per heavy atom. The number of aryl methyl sites for hydroxylation is 1. The van der Waals surface area contributed by atoms with Gasteiger partial charge < -0.3 is 15.0 Å². The summed E-state index contributed by atoms with van der Waals surface area (Å²) < 4.78 is 20.6. The lowest BCUT2D eigenvalue weighted by molar-refractivity contribution is 0.0203. The summed E-state index contributed by atoms with van der Waals surface area (Å²) >= 11 is 0. The highest BCUT2D eigenvalue weighted by Gasteiger charge is 2.32. The molecule has 7 nitrogen and oxygen atoms in total. The number of ether oxygens (including phenoxy) is 1. The summed E-state index contributed by atoms with van der Waals surface area (Å²) in [5, 5.41) is 7.42. The van der Waals surface area contributed by atoms with Crippen molar-refractivity contribution >= 4 is 17.7 Å². The molecule has 35 heavy (non-hydrogen) atoms. The number of amides is 2. The molecule has 1 N–H and O–H groups in total. The van der Waals surface area contributed by atoms with Gasteiger partial charge in [0.05, 0.1) is 23.1 Å². The fraction of sp³-hybridized carbons (Fsp3) is 0.370. The summed E-state index contributed by atoms with van der Waals surface area (Å²) in [6.45, 7) is 8.61. The Labute approximate surface area is 204 Å². The maximum Gasteiger partial charge on any atom is 0.410 e. The van der Waals surface area contributed by atoms with Gasteiger partial charge in [0, 0.05) is 24.7 Å². The van der Waals surface area contributed by atoms with Gasteiger partial charge in [0.15, 0.2) is 0 Å².